The molecule has 0 spiro atoms. The number of aryl methyl sites for hydroxylation is 2. The largest absolute Gasteiger partial charge is 0.394 e. The molecule has 3 rings (SSSR count). The summed E-state index contributed by atoms with van der Waals surface area (Å²) in [7, 11) is 0. The maximum Gasteiger partial charge on any atom is 0.349 e. The lowest BCUT2D eigenvalue weighted by atomic mass is 10.1. The highest BCUT2D eigenvalue weighted by atomic mass is 16.4. The molecule has 1 aromatic carbocycles. The molecule has 2 heterocycles. The Hall–Kier alpha value is -2.95. The van der Waals surface area contributed by atoms with Gasteiger partial charge >= 0.3 is 5.69 Å². The second-order valence-corrected chi connectivity index (χ2v) is 6.33. The van der Waals surface area contributed by atoms with Crippen molar-refractivity contribution in [2.45, 2.75) is 32.6 Å². The summed E-state index contributed by atoms with van der Waals surface area (Å²) in [4.78, 5) is 46.2. The molecule has 0 unspecified atom stereocenters. The van der Waals surface area contributed by atoms with Crippen molar-refractivity contribution < 1.29 is 20.1 Å². The summed E-state index contributed by atoms with van der Waals surface area (Å²) in [6.45, 7) is 2.43. The van der Waals surface area contributed by atoms with E-state index in [-0.39, 0.29) is 11.5 Å². The van der Waals surface area contributed by atoms with Gasteiger partial charge in [-0.1, -0.05) is 0 Å². The van der Waals surface area contributed by atoms with Gasteiger partial charge in [0.05, 0.1) is 24.2 Å². The third-order valence-electron chi connectivity index (χ3n) is 4.42. The number of aliphatic hydroxyl groups is 3. The van der Waals surface area contributed by atoms with Crippen LogP contribution in [0.4, 0.5) is 0 Å². The number of nitrogens with one attached hydrogen (secondary N) is 1. The van der Waals surface area contributed by atoms with Gasteiger partial charge in [0.15, 0.2) is 17.3 Å². The average molecular weight is 374 g/mol. The molecule has 0 aliphatic carbocycles. The fourth-order valence-corrected chi connectivity index (χ4v) is 2.77. The number of carbonyl (C=O) groups is 1. The van der Waals surface area contributed by atoms with E-state index >= 15 is 0 Å². The first-order valence-corrected chi connectivity index (χ1v) is 8.14. The Bertz CT molecular complexity index is 1120. The van der Waals surface area contributed by atoms with E-state index in [1.807, 2.05) is 18.8 Å². The summed E-state index contributed by atoms with van der Waals surface area (Å²) < 4.78 is 1.30. The third-order valence-corrected chi connectivity index (χ3v) is 4.42. The Morgan fingerprint density at radius 1 is 1.19 bits per heavy atom. The van der Waals surface area contributed by atoms with Gasteiger partial charge in [-0.2, -0.15) is 4.98 Å². The van der Waals surface area contributed by atoms with Crippen molar-refractivity contribution in [2.24, 2.45) is 0 Å². The summed E-state index contributed by atoms with van der Waals surface area (Å²) in [6.07, 6.45) is -3.48. The Kier molecular flexibility index (Phi) is 4.87. The van der Waals surface area contributed by atoms with Crippen LogP contribution in [0.1, 0.15) is 11.1 Å². The van der Waals surface area contributed by atoms with Gasteiger partial charge in [-0.25, -0.2) is 9.78 Å². The van der Waals surface area contributed by atoms with Crippen molar-refractivity contribution in [3.05, 3.63) is 44.1 Å². The van der Waals surface area contributed by atoms with E-state index in [4.69, 9.17) is 5.11 Å². The molecular weight excluding hydrogens is 356 g/mol. The minimum absolute atomic E-state index is 0.112. The Morgan fingerprint density at radius 3 is 2.52 bits per heavy atom. The summed E-state index contributed by atoms with van der Waals surface area (Å²) >= 11 is 0. The normalized spacial score (nSPS) is 13.8. The van der Waals surface area contributed by atoms with Crippen LogP contribution in [-0.4, -0.2) is 59.4 Å². The van der Waals surface area contributed by atoms with E-state index in [2.05, 4.69) is 9.97 Å². The maximum absolute atomic E-state index is 12.4. The van der Waals surface area contributed by atoms with Gasteiger partial charge < -0.3 is 19.9 Å². The zero-order valence-corrected chi connectivity index (χ0v) is 14.6. The van der Waals surface area contributed by atoms with Gasteiger partial charge in [0.25, 0.3) is 5.56 Å². The van der Waals surface area contributed by atoms with Crippen LogP contribution in [0.5, 0.6) is 0 Å². The van der Waals surface area contributed by atoms with Gasteiger partial charge in [0, 0.05) is 0 Å². The first-order chi connectivity index (χ1) is 12.7. The first kappa shape index (κ1) is 18.8. The zero-order valence-electron chi connectivity index (χ0n) is 14.6. The summed E-state index contributed by atoms with van der Waals surface area (Å²) in [6, 6.07) is 3.46. The molecule has 2 aliphatic heterocycles. The number of fused-ring (bicyclic) bond motifs is 2. The molecule has 27 heavy (non-hydrogen) atoms. The van der Waals surface area contributed by atoms with Gasteiger partial charge in [0.2, 0.25) is 0 Å². The number of carbonyl (C=O) groups excluding carboxylic acids is 1. The smallest absolute Gasteiger partial charge is 0.349 e. The van der Waals surface area contributed by atoms with Gasteiger partial charge in [-0.05, 0) is 37.1 Å². The summed E-state index contributed by atoms with van der Waals surface area (Å²) in [5, 5.41) is 28.3. The quantitative estimate of drug-likeness (QED) is 0.392. The number of hydrogen-bond acceptors (Lipinski definition) is 8. The minimum Gasteiger partial charge on any atom is -0.394 e. The molecule has 10 nitrogen and oxygen atoms in total. The van der Waals surface area contributed by atoms with Crippen LogP contribution in [0.25, 0.3) is 22.6 Å². The van der Waals surface area contributed by atoms with Crippen molar-refractivity contribution in [3.8, 4) is 11.5 Å². The number of nitrogens with zero attached hydrogens (tertiary/aromatic N) is 3. The lowest BCUT2D eigenvalue weighted by Crippen LogP contribution is -2.39. The number of H-pyrrole nitrogens is 1. The van der Waals surface area contributed by atoms with Crippen LogP contribution in [0.2, 0.25) is 0 Å². The fourth-order valence-electron chi connectivity index (χ4n) is 2.77. The average Bonchev–Trinajstić information content (AvgIpc) is 2.62. The number of rotatable bonds is 5. The van der Waals surface area contributed by atoms with Crippen molar-refractivity contribution in [3.63, 3.8) is 0 Å². The summed E-state index contributed by atoms with van der Waals surface area (Å²) in [5.41, 5.74) is 0.858. The monoisotopic (exact) mass is 374 g/mol. The molecule has 142 valence electrons. The van der Waals surface area contributed by atoms with E-state index in [9.17, 15) is 24.6 Å². The van der Waals surface area contributed by atoms with E-state index in [1.165, 1.54) is 4.57 Å². The first-order valence-electron chi connectivity index (χ1n) is 8.14. The van der Waals surface area contributed by atoms with E-state index < -0.39 is 42.4 Å². The number of benzene rings is 1. The van der Waals surface area contributed by atoms with E-state index in [1.54, 1.807) is 12.1 Å². The van der Waals surface area contributed by atoms with Gasteiger partial charge in [-0.15, -0.1) is 0 Å². The number of aromatic nitrogens is 4. The number of aromatic amines is 1. The molecule has 0 saturated carbocycles. The SMILES string of the molecule is Cc1cc2nc3c(=O)[nH]c(=O)nc-3n(CC(=O)[C@H](O)[C@H](O)CO)c2cc1C. The fraction of sp³-hybridized carbons (Fsp3) is 0.353. The molecule has 4 N–H and O–H groups in total. The molecule has 2 atom stereocenters. The zero-order chi connectivity index (χ0) is 19.9. The molecule has 0 aromatic heterocycles. The topological polar surface area (TPSA) is 158 Å². The molecule has 1 aromatic rings. The predicted molar refractivity (Wildman–Crippen MR) is 94.6 cm³/mol. The molecule has 0 amide bonds. The Balaban J connectivity index is 2.29. The van der Waals surface area contributed by atoms with E-state index in [0.717, 1.165) is 11.1 Å². The third kappa shape index (κ3) is 3.37. The highest BCUT2D eigenvalue weighted by Gasteiger charge is 2.27. The lowest BCUT2D eigenvalue weighted by molar-refractivity contribution is -0.135. The summed E-state index contributed by atoms with van der Waals surface area (Å²) in [5.74, 6) is -0.929. The van der Waals surface area contributed by atoms with Crippen molar-refractivity contribution in [1.82, 2.24) is 19.5 Å². The van der Waals surface area contributed by atoms with Crippen LogP contribution in [0, 0.1) is 13.8 Å². The second-order valence-electron chi connectivity index (χ2n) is 6.33. The Labute approximate surface area is 152 Å². The van der Waals surface area contributed by atoms with Crippen LogP contribution in [-0.2, 0) is 11.3 Å². The molecule has 0 radical (unpaired) electrons. The lowest BCUT2D eigenvalue weighted by Gasteiger charge is -2.20. The van der Waals surface area contributed by atoms with Crippen molar-refractivity contribution in [1.29, 1.82) is 0 Å². The van der Waals surface area contributed by atoms with Crippen LogP contribution < -0.4 is 11.2 Å². The standard InChI is InChI=1S/C17H18N4O6/c1-7-3-9-10(4-8(7)2)21(5-11(23)14(25)12(24)6-22)15-13(18-9)16(26)20-17(27)19-15/h3-4,12,14,22,24-25H,5-6H2,1-2H3,(H,20,26,27)/t12-,14+/m1/s1. The predicted octanol–water partition coefficient (Wildman–Crippen LogP) is -1.52. The highest BCUT2D eigenvalue weighted by Crippen LogP contribution is 2.24. The van der Waals surface area contributed by atoms with Crippen LogP contribution >= 0.6 is 0 Å². The maximum atomic E-state index is 12.4. The molecule has 2 aliphatic rings. The number of Topliss-reactive ketones (excluding diaryl/α,β-unsaturated/α-hetero) is 1. The second kappa shape index (κ2) is 6.99. The molecule has 10 heteroatoms. The van der Waals surface area contributed by atoms with Crippen molar-refractivity contribution >= 4 is 16.8 Å². The molecule has 0 bridgehead atoms. The molecular formula is C17H18N4O6. The molecule has 0 saturated heterocycles. The van der Waals surface area contributed by atoms with Gasteiger partial charge in [0.1, 0.15) is 12.2 Å². The molecule has 0 fully saturated rings. The van der Waals surface area contributed by atoms with Gasteiger partial charge in [-0.3, -0.25) is 14.6 Å². The van der Waals surface area contributed by atoms with E-state index in [0.29, 0.717) is 11.0 Å². The Morgan fingerprint density at radius 2 is 1.85 bits per heavy atom. The van der Waals surface area contributed by atoms with Crippen molar-refractivity contribution in [2.75, 3.05) is 6.61 Å². The van der Waals surface area contributed by atoms with Crippen LogP contribution in [0.15, 0.2) is 21.7 Å². The minimum atomic E-state index is -1.83. The number of aliphatic hydroxyl groups excluding tert-OH is 3. The highest BCUT2D eigenvalue weighted by molar-refractivity contribution is 5.87. The van der Waals surface area contributed by atoms with Crippen LogP contribution in [0.3, 0.4) is 0 Å². The number of ketones is 1. The number of hydrogen-bond donors (Lipinski definition) is 4.